The Bertz CT molecular complexity index is 581. The summed E-state index contributed by atoms with van der Waals surface area (Å²) in [6.07, 6.45) is 5.89. The van der Waals surface area contributed by atoms with Crippen molar-refractivity contribution >= 4 is 5.96 Å². The van der Waals surface area contributed by atoms with Crippen molar-refractivity contribution in [3.63, 3.8) is 0 Å². The summed E-state index contributed by atoms with van der Waals surface area (Å²) >= 11 is 0. The highest BCUT2D eigenvalue weighted by Crippen LogP contribution is 2.15. The van der Waals surface area contributed by atoms with Gasteiger partial charge in [-0.3, -0.25) is 4.90 Å². The highest BCUT2D eigenvalue weighted by molar-refractivity contribution is 5.79. The molecule has 1 aliphatic heterocycles. The average Bonchev–Trinajstić information content (AvgIpc) is 2.58. The van der Waals surface area contributed by atoms with Crippen LogP contribution in [-0.4, -0.2) is 49.2 Å². The van der Waals surface area contributed by atoms with E-state index in [1.807, 2.05) is 6.92 Å². The minimum absolute atomic E-state index is 0.303. The molecule has 0 bridgehead atoms. The molecule has 136 valence electrons. The number of hydrogen-bond acceptors (Lipinski definition) is 3. The first-order chi connectivity index (χ1) is 12.1. The van der Waals surface area contributed by atoms with Crippen LogP contribution in [-0.2, 0) is 17.8 Å². The van der Waals surface area contributed by atoms with Crippen molar-refractivity contribution in [2.45, 2.75) is 46.1 Å². The minimum Gasteiger partial charge on any atom is -0.373 e. The molecule has 0 amide bonds. The summed E-state index contributed by atoms with van der Waals surface area (Å²) in [5, 5.41) is 6.28. The van der Waals surface area contributed by atoms with Crippen LogP contribution in [0.25, 0.3) is 0 Å². The SMILES string of the molecule is C#CCNC(=NCc1ccc(CN2CC(C)OC(C)C2)cc1)NCC. The topological polar surface area (TPSA) is 48.9 Å². The van der Waals surface area contributed by atoms with E-state index in [2.05, 4.69) is 64.6 Å². The minimum atomic E-state index is 0.303. The van der Waals surface area contributed by atoms with E-state index in [1.165, 1.54) is 11.1 Å². The zero-order chi connectivity index (χ0) is 18.1. The van der Waals surface area contributed by atoms with Crippen LogP contribution in [0.2, 0.25) is 0 Å². The smallest absolute Gasteiger partial charge is 0.192 e. The third kappa shape index (κ3) is 6.77. The Balaban J connectivity index is 1.89. The van der Waals surface area contributed by atoms with Gasteiger partial charge in [0.15, 0.2) is 5.96 Å². The number of rotatable bonds is 6. The van der Waals surface area contributed by atoms with Crippen LogP contribution in [0.1, 0.15) is 31.9 Å². The number of benzene rings is 1. The summed E-state index contributed by atoms with van der Waals surface area (Å²) < 4.78 is 5.79. The van der Waals surface area contributed by atoms with Crippen molar-refractivity contribution in [1.29, 1.82) is 0 Å². The Hall–Kier alpha value is -2.03. The van der Waals surface area contributed by atoms with Gasteiger partial charge in [-0.15, -0.1) is 6.42 Å². The number of nitrogens with one attached hydrogen (secondary N) is 2. The Labute approximate surface area is 151 Å². The maximum Gasteiger partial charge on any atom is 0.192 e. The van der Waals surface area contributed by atoms with E-state index in [0.717, 1.165) is 32.1 Å². The number of terminal acetylenes is 1. The highest BCUT2D eigenvalue weighted by atomic mass is 16.5. The second kappa shape index (κ2) is 10.1. The molecule has 5 nitrogen and oxygen atoms in total. The van der Waals surface area contributed by atoms with Gasteiger partial charge in [0.1, 0.15) is 0 Å². The lowest BCUT2D eigenvalue weighted by molar-refractivity contribution is -0.0704. The first-order valence-electron chi connectivity index (χ1n) is 9.02. The number of aliphatic imine (C=N–C) groups is 1. The molecule has 0 radical (unpaired) electrons. The normalized spacial score (nSPS) is 21.6. The van der Waals surface area contributed by atoms with Gasteiger partial charge >= 0.3 is 0 Å². The van der Waals surface area contributed by atoms with Crippen LogP contribution in [0.3, 0.4) is 0 Å². The molecule has 2 unspecified atom stereocenters. The van der Waals surface area contributed by atoms with Crippen LogP contribution in [0, 0.1) is 12.3 Å². The van der Waals surface area contributed by atoms with Crippen molar-refractivity contribution in [3.8, 4) is 12.3 Å². The maximum atomic E-state index is 5.79. The van der Waals surface area contributed by atoms with Crippen molar-refractivity contribution < 1.29 is 4.74 Å². The Morgan fingerprint density at radius 3 is 2.44 bits per heavy atom. The average molecular weight is 342 g/mol. The van der Waals surface area contributed by atoms with E-state index in [9.17, 15) is 0 Å². The van der Waals surface area contributed by atoms with Gasteiger partial charge in [0.2, 0.25) is 0 Å². The van der Waals surface area contributed by atoms with Gasteiger partial charge in [-0.2, -0.15) is 0 Å². The highest BCUT2D eigenvalue weighted by Gasteiger charge is 2.21. The van der Waals surface area contributed by atoms with Crippen LogP contribution >= 0.6 is 0 Å². The van der Waals surface area contributed by atoms with Gasteiger partial charge in [0, 0.05) is 26.2 Å². The predicted octanol–water partition coefficient (Wildman–Crippen LogP) is 1.98. The van der Waals surface area contributed by atoms with Crippen molar-refractivity contribution in [2.75, 3.05) is 26.2 Å². The second-order valence-corrected chi connectivity index (χ2v) is 6.52. The lowest BCUT2D eigenvalue weighted by atomic mass is 10.1. The van der Waals surface area contributed by atoms with Gasteiger partial charge in [-0.1, -0.05) is 30.2 Å². The molecule has 1 fully saturated rings. The monoisotopic (exact) mass is 342 g/mol. The summed E-state index contributed by atoms with van der Waals surface area (Å²) in [4.78, 5) is 7.02. The molecule has 1 saturated heterocycles. The third-order valence-corrected chi connectivity index (χ3v) is 4.05. The molecule has 0 aliphatic carbocycles. The Morgan fingerprint density at radius 2 is 1.84 bits per heavy atom. The summed E-state index contributed by atoms with van der Waals surface area (Å²) in [5.74, 6) is 3.31. The molecular weight excluding hydrogens is 312 g/mol. The molecule has 1 aliphatic rings. The fourth-order valence-corrected chi connectivity index (χ4v) is 3.07. The predicted molar refractivity (Wildman–Crippen MR) is 103 cm³/mol. The first-order valence-corrected chi connectivity index (χ1v) is 9.02. The number of morpholine rings is 1. The van der Waals surface area contributed by atoms with E-state index in [4.69, 9.17) is 11.2 Å². The molecule has 5 heteroatoms. The van der Waals surface area contributed by atoms with Gasteiger partial charge in [0.05, 0.1) is 25.3 Å². The molecule has 0 aromatic heterocycles. The summed E-state index contributed by atoms with van der Waals surface area (Å²) in [6, 6.07) is 8.68. The second-order valence-electron chi connectivity index (χ2n) is 6.52. The maximum absolute atomic E-state index is 5.79. The van der Waals surface area contributed by atoms with Gasteiger partial charge in [-0.05, 0) is 31.9 Å². The van der Waals surface area contributed by atoms with Crippen LogP contribution in [0.5, 0.6) is 0 Å². The molecule has 0 spiro atoms. The lowest BCUT2D eigenvalue weighted by Crippen LogP contribution is -2.44. The van der Waals surface area contributed by atoms with E-state index in [-0.39, 0.29) is 0 Å². The Kier molecular flexibility index (Phi) is 7.77. The van der Waals surface area contributed by atoms with Crippen molar-refractivity contribution in [3.05, 3.63) is 35.4 Å². The fourth-order valence-electron chi connectivity index (χ4n) is 3.07. The van der Waals surface area contributed by atoms with E-state index < -0.39 is 0 Å². The Morgan fingerprint density at radius 1 is 1.20 bits per heavy atom. The van der Waals surface area contributed by atoms with Gasteiger partial charge < -0.3 is 15.4 Å². The van der Waals surface area contributed by atoms with E-state index in [0.29, 0.717) is 25.3 Å². The number of hydrogen-bond donors (Lipinski definition) is 2. The first kappa shape index (κ1) is 19.3. The van der Waals surface area contributed by atoms with Crippen molar-refractivity contribution in [1.82, 2.24) is 15.5 Å². The van der Waals surface area contributed by atoms with Crippen LogP contribution < -0.4 is 10.6 Å². The quantitative estimate of drug-likeness (QED) is 0.472. The molecule has 0 saturated carbocycles. The van der Waals surface area contributed by atoms with Gasteiger partial charge in [0.25, 0.3) is 0 Å². The summed E-state index contributed by atoms with van der Waals surface area (Å²) in [6.45, 7) is 11.2. The lowest BCUT2D eigenvalue weighted by Gasteiger charge is -2.35. The zero-order valence-electron chi connectivity index (χ0n) is 15.6. The molecule has 2 rings (SSSR count). The van der Waals surface area contributed by atoms with Gasteiger partial charge in [-0.25, -0.2) is 4.99 Å². The number of ether oxygens (including phenoxy) is 1. The molecule has 1 aromatic rings. The molecule has 1 heterocycles. The van der Waals surface area contributed by atoms with E-state index in [1.54, 1.807) is 0 Å². The summed E-state index contributed by atoms with van der Waals surface area (Å²) in [5.41, 5.74) is 2.51. The molecule has 2 atom stereocenters. The molecule has 2 N–H and O–H groups in total. The zero-order valence-corrected chi connectivity index (χ0v) is 15.6. The largest absolute Gasteiger partial charge is 0.373 e. The standard InChI is InChI=1S/C20H30N4O/c1-5-11-22-20(21-6-2)23-12-18-7-9-19(10-8-18)15-24-13-16(3)25-17(4)14-24/h1,7-10,16-17H,6,11-15H2,2-4H3,(H2,21,22,23). The number of guanidine groups is 1. The molecule has 25 heavy (non-hydrogen) atoms. The molecule has 1 aromatic carbocycles. The fraction of sp³-hybridized carbons (Fsp3) is 0.550. The third-order valence-electron chi connectivity index (χ3n) is 4.05. The number of nitrogens with zero attached hydrogens (tertiary/aromatic N) is 2. The van der Waals surface area contributed by atoms with Crippen LogP contribution in [0.15, 0.2) is 29.3 Å². The molecular formula is C20H30N4O. The summed E-state index contributed by atoms with van der Waals surface area (Å²) in [7, 11) is 0. The van der Waals surface area contributed by atoms with Crippen LogP contribution in [0.4, 0.5) is 0 Å². The van der Waals surface area contributed by atoms with E-state index >= 15 is 0 Å². The van der Waals surface area contributed by atoms with Crippen molar-refractivity contribution in [2.24, 2.45) is 4.99 Å².